The molecule has 4 aromatic rings. The number of nitrogens with one attached hydrogen (secondary N) is 2. The second kappa shape index (κ2) is 11.8. The molecular formula is C42H44N4O10S. The molecule has 14 nitrogen and oxygen atoms in total. The fraction of sp³-hybridized carbons (Fsp3) is 0.476. The molecule has 8 aliphatic heterocycles. The van der Waals surface area contributed by atoms with E-state index in [1.807, 2.05) is 38.1 Å². The minimum atomic E-state index is -1.42. The molecule has 8 aliphatic rings. The molecule has 1 aromatic heterocycles. The molecule has 12 rings (SSSR count). The largest absolute Gasteiger partial charge is 0.504 e. The molecule has 5 N–H and O–H groups in total. The van der Waals surface area contributed by atoms with E-state index in [9.17, 15) is 20.1 Å². The highest BCUT2D eigenvalue weighted by Crippen LogP contribution is 2.71. The van der Waals surface area contributed by atoms with Crippen molar-refractivity contribution < 1.29 is 48.6 Å². The average molecular weight is 797 g/mol. The predicted octanol–water partition coefficient (Wildman–Crippen LogP) is 3.99. The Labute approximate surface area is 332 Å². The number of rotatable bonds is 3. The van der Waals surface area contributed by atoms with E-state index in [2.05, 4.69) is 33.1 Å². The number of aliphatic hydroxyl groups is 2. The first-order valence-corrected chi connectivity index (χ1v) is 20.5. The Morgan fingerprint density at radius 2 is 1.89 bits per heavy atom. The smallest absolute Gasteiger partial charge is 0.333 e. The third-order valence-electron chi connectivity index (χ3n) is 13.9. The van der Waals surface area contributed by atoms with Crippen molar-refractivity contribution >= 4 is 34.6 Å². The molecule has 0 radical (unpaired) electrons. The number of carbonyl (C=O) groups excluding carboxylic acids is 2. The van der Waals surface area contributed by atoms with E-state index < -0.39 is 58.2 Å². The van der Waals surface area contributed by atoms with Gasteiger partial charge in [0.15, 0.2) is 28.5 Å². The van der Waals surface area contributed by atoms with E-state index in [4.69, 9.17) is 23.7 Å². The summed E-state index contributed by atoms with van der Waals surface area (Å²) in [5.74, 6) is 0.805. The standard InChI is InChI=1S/C42H44N4O10S/c1-18-10-24-27(32(49)33(18)52-5)30-31-37-29-28(36-35(54-17-55-36)19(2)34(29)56-20(3)48)26(46(31)41(51)14-40(24,4)45(30)15-41)13-53-39(50)42(16-57-37)38-23(11-21(12-47)44-42)22-8-6-7-9-25(22)43-38/h6-10,21,26,30-31,37,43-44,47,49,51H,11-17H2,1-5H3/t21-,26-,30?,31+,37+,40?,41?,42+/m0/s1. The summed E-state index contributed by atoms with van der Waals surface area (Å²) in [7, 11) is 1.55. The Hall–Kier alpha value is -4.51. The second-order valence-corrected chi connectivity index (χ2v) is 18.0. The van der Waals surface area contributed by atoms with Crippen molar-refractivity contribution in [2.24, 2.45) is 0 Å². The molecule has 4 bridgehead atoms. The van der Waals surface area contributed by atoms with Gasteiger partial charge in [-0.3, -0.25) is 19.9 Å². The van der Waals surface area contributed by atoms with Crippen molar-refractivity contribution in [1.29, 1.82) is 0 Å². The molecule has 9 heterocycles. The van der Waals surface area contributed by atoms with Crippen molar-refractivity contribution in [1.82, 2.24) is 20.1 Å². The lowest BCUT2D eigenvalue weighted by molar-refractivity contribution is -0.196. The lowest BCUT2D eigenvalue weighted by Crippen LogP contribution is -2.67. The van der Waals surface area contributed by atoms with Crippen LogP contribution in [-0.4, -0.2) is 99.3 Å². The summed E-state index contributed by atoms with van der Waals surface area (Å²) in [6, 6.07) is 7.71. The number of phenolic OH excluding ortho intramolecular Hbond substituents is 1. The van der Waals surface area contributed by atoms with Crippen molar-refractivity contribution in [3.05, 3.63) is 75.0 Å². The van der Waals surface area contributed by atoms with E-state index >= 15 is 4.79 Å². The van der Waals surface area contributed by atoms with Crippen LogP contribution in [0.2, 0.25) is 0 Å². The van der Waals surface area contributed by atoms with E-state index in [0.29, 0.717) is 58.2 Å². The van der Waals surface area contributed by atoms with Gasteiger partial charge in [-0.2, -0.15) is 0 Å². The number of aryl methyl sites for hydroxylation is 1. The Balaban J connectivity index is 1.19. The Morgan fingerprint density at radius 1 is 1.11 bits per heavy atom. The van der Waals surface area contributed by atoms with Crippen LogP contribution in [0.4, 0.5) is 0 Å². The van der Waals surface area contributed by atoms with E-state index in [1.165, 1.54) is 18.7 Å². The number of hydrogen-bond acceptors (Lipinski definition) is 14. The van der Waals surface area contributed by atoms with Crippen molar-refractivity contribution in [2.75, 3.05) is 39.4 Å². The number of H-pyrrole nitrogens is 1. The van der Waals surface area contributed by atoms with Gasteiger partial charge in [-0.25, -0.2) is 4.79 Å². The summed E-state index contributed by atoms with van der Waals surface area (Å²) in [5.41, 5.74) is 3.39. The number of aromatic hydroxyl groups is 1. The fourth-order valence-corrected chi connectivity index (χ4v) is 13.5. The van der Waals surface area contributed by atoms with Crippen molar-refractivity contribution in [2.45, 2.75) is 86.8 Å². The molecule has 8 atom stereocenters. The normalized spacial score (nSPS) is 33.2. The van der Waals surface area contributed by atoms with E-state index in [1.54, 1.807) is 7.11 Å². The number of hydrogen-bond donors (Lipinski definition) is 5. The maximum atomic E-state index is 15.0. The Morgan fingerprint density at radius 3 is 2.67 bits per heavy atom. The van der Waals surface area contributed by atoms with Crippen LogP contribution in [0.3, 0.4) is 0 Å². The third-order valence-corrected chi connectivity index (χ3v) is 15.3. The number of benzene rings is 3. The number of esters is 2. The molecule has 57 heavy (non-hydrogen) atoms. The minimum absolute atomic E-state index is 0.0578. The first-order valence-electron chi connectivity index (χ1n) is 19.5. The van der Waals surface area contributed by atoms with Gasteiger partial charge in [0.05, 0.1) is 36.7 Å². The van der Waals surface area contributed by atoms with Gasteiger partial charge in [-0.05, 0) is 56.0 Å². The monoisotopic (exact) mass is 796 g/mol. The highest BCUT2D eigenvalue weighted by Gasteiger charge is 2.72. The van der Waals surface area contributed by atoms with Crippen LogP contribution in [0, 0.1) is 13.8 Å². The molecule has 3 unspecified atom stereocenters. The molecule has 0 aliphatic carbocycles. The van der Waals surface area contributed by atoms with Crippen LogP contribution in [0.1, 0.15) is 82.2 Å². The number of fused-ring (bicyclic) bond motifs is 11. The van der Waals surface area contributed by atoms with Crippen molar-refractivity contribution in [3.63, 3.8) is 0 Å². The second-order valence-electron chi connectivity index (χ2n) is 16.9. The highest BCUT2D eigenvalue weighted by molar-refractivity contribution is 7.99. The summed E-state index contributed by atoms with van der Waals surface area (Å²) < 4.78 is 30.8. The van der Waals surface area contributed by atoms with Gasteiger partial charge in [-0.1, -0.05) is 18.2 Å². The molecule has 3 saturated heterocycles. The number of ether oxygens (including phenoxy) is 5. The van der Waals surface area contributed by atoms with Crippen LogP contribution in [0.5, 0.6) is 28.7 Å². The molecule has 0 saturated carbocycles. The molecule has 3 aromatic carbocycles. The number of para-hydroxylation sites is 1. The zero-order valence-corrected chi connectivity index (χ0v) is 33.0. The number of aromatic nitrogens is 1. The lowest BCUT2D eigenvalue weighted by atomic mass is 9.75. The first kappa shape index (κ1) is 35.6. The van der Waals surface area contributed by atoms with Crippen molar-refractivity contribution in [3.8, 4) is 28.7 Å². The number of phenols is 1. The zero-order chi connectivity index (χ0) is 39.5. The fourth-order valence-electron chi connectivity index (χ4n) is 11.8. The number of aromatic amines is 1. The molecule has 3 fully saturated rings. The average Bonchev–Trinajstić information content (AvgIpc) is 3.93. The number of piperazine rings is 1. The summed E-state index contributed by atoms with van der Waals surface area (Å²) in [6.45, 7) is 7.05. The third kappa shape index (κ3) is 4.39. The summed E-state index contributed by atoms with van der Waals surface area (Å²) in [4.78, 5) is 36.0. The Kier molecular flexibility index (Phi) is 7.37. The van der Waals surface area contributed by atoms with Gasteiger partial charge in [0.2, 0.25) is 6.79 Å². The van der Waals surface area contributed by atoms with Crippen LogP contribution >= 0.6 is 11.8 Å². The molecule has 298 valence electrons. The number of nitrogens with zero attached hydrogens (tertiary/aromatic N) is 2. The van der Waals surface area contributed by atoms with Crippen LogP contribution in [0.15, 0.2) is 30.3 Å². The maximum absolute atomic E-state index is 15.0. The topological polar surface area (TPSA) is 175 Å². The van der Waals surface area contributed by atoms with Crippen LogP contribution < -0.4 is 24.3 Å². The van der Waals surface area contributed by atoms with Gasteiger partial charge in [0.25, 0.3) is 0 Å². The highest BCUT2D eigenvalue weighted by atomic mass is 32.2. The number of thioether (sulfide) groups is 1. The zero-order valence-electron chi connectivity index (χ0n) is 32.2. The summed E-state index contributed by atoms with van der Waals surface area (Å²) in [5, 5.41) is 39.9. The van der Waals surface area contributed by atoms with Gasteiger partial charge < -0.3 is 44.0 Å². The minimum Gasteiger partial charge on any atom is -0.504 e. The summed E-state index contributed by atoms with van der Waals surface area (Å²) >= 11 is 1.49. The predicted molar refractivity (Wildman–Crippen MR) is 207 cm³/mol. The first-order chi connectivity index (χ1) is 27.3. The SMILES string of the molecule is COc1c(C)cc2c(c1O)C1[C@@H]3[C@@H]4SC[C@]5(N[C@H](CO)Cc6c5[nH]c5ccccc65)C(=O)OC[C@@H](c5c6c(c(C)c(OC(C)=O)c54)OCO6)N3C3(O)CN1C2(C)C3. The summed E-state index contributed by atoms with van der Waals surface area (Å²) in [6.07, 6.45) is 0.812. The van der Waals surface area contributed by atoms with Gasteiger partial charge >= 0.3 is 11.9 Å². The van der Waals surface area contributed by atoms with Gasteiger partial charge in [0.1, 0.15) is 18.1 Å². The van der Waals surface area contributed by atoms with E-state index in [-0.39, 0.29) is 38.1 Å². The molecule has 15 heteroatoms. The molecular weight excluding hydrogens is 753 g/mol. The quantitative estimate of drug-likeness (QED) is 0.149. The number of methoxy groups -OCH3 is 1. The van der Waals surface area contributed by atoms with E-state index in [0.717, 1.165) is 33.2 Å². The lowest BCUT2D eigenvalue weighted by Gasteiger charge is -2.59. The van der Waals surface area contributed by atoms with Crippen LogP contribution in [-0.2, 0) is 31.8 Å². The van der Waals surface area contributed by atoms with Gasteiger partial charge in [-0.15, -0.1) is 11.8 Å². The number of carbonyl (C=O) groups is 2. The Bertz CT molecular complexity index is 2470. The number of aliphatic hydroxyl groups excluding tert-OH is 1. The molecule has 1 spiro atoms. The van der Waals surface area contributed by atoms with Gasteiger partial charge in [0, 0.05) is 76.4 Å². The molecule has 0 amide bonds. The van der Waals surface area contributed by atoms with Crippen LogP contribution in [0.25, 0.3) is 10.9 Å². The maximum Gasteiger partial charge on any atom is 0.333 e.